The first-order chi connectivity index (χ1) is 8.50. The summed E-state index contributed by atoms with van der Waals surface area (Å²) in [5, 5.41) is 11.9. The Kier molecular flexibility index (Phi) is 5.55. The van der Waals surface area contributed by atoms with Crippen LogP contribution in [0.5, 0.6) is 0 Å². The molecule has 1 amide bonds. The third-order valence-corrected chi connectivity index (χ3v) is 3.40. The molecule has 0 aromatic carbocycles. The highest BCUT2D eigenvalue weighted by atomic mass is 16.5. The molecule has 104 valence electrons. The number of amides is 1. The summed E-state index contributed by atoms with van der Waals surface area (Å²) in [4.78, 5) is 23.1. The van der Waals surface area contributed by atoms with Gasteiger partial charge >= 0.3 is 5.97 Å². The minimum Gasteiger partial charge on any atom is -0.480 e. The summed E-state index contributed by atoms with van der Waals surface area (Å²) in [5.41, 5.74) is 4.32. The van der Waals surface area contributed by atoms with Gasteiger partial charge in [0.15, 0.2) is 0 Å². The van der Waals surface area contributed by atoms with E-state index in [2.05, 4.69) is 5.32 Å². The van der Waals surface area contributed by atoms with Crippen molar-refractivity contribution in [2.75, 3.05) is 19.8 Å². The summed E-state index contributed by atoms with van der Waals surface area (Å²) in [7, 11) is 0. The smallest absolute Gasteiger partial charge is 0.329 e. The normalized spacial score (nSPS) is 20.1. The Bertz CT molecular complexity index is 300. The number of nitrogens with two attached hydrogens (primary N) is 1. The van der Waals surface area contributed by atoms with Crippen molar-refractivity contribution in [2.24, 2.45) is 11.7 Å². The molecule has 0 aromatic rings. The van der Waals surface area contributed by atoms with Gasteiger partial charge in [0.1, 0.15) is 5.54 Å². The third-order valence-electron chi connectivity index (χ3n) is 3.40. The fraction of sp³-hybridized carbons (Fsp3) is 0.833. The van der Waals surface area contributed by atoms with E-state index in [1.165, 1.54) is 0 Å². The molecule has 4 N–H and O–H groups in total. The summed E-state index contributed by atoms with van der Waals surface area (Å²) in [6.45, 7) is 3.23. The molecule has 0 radical (unpaired) electrons. The fourth-order valence-electron chi connectivity index (χ4n) is 1.94. The van der Waals surface area contributed by atoms with Gasteiger partial charge in [-0.05, 0) is 18.9 Å². The molecule has 0 aliphatic carbocycles. The SMILES string of the molecule is CC(CN)CCC(=O)NC1(C(=O)O)CCOCC1. The van der Waals surface area contributed by atoms with Crippen LogP contribution < -0.4 is 11.1 Å². The first-order valence-electron chi connectivity index (χ1n) is 6.32. The highest BCUT2D eigenvalue weighted by Crippen LogP contribution is 2.21. The van der Waals surface area contributed by atoms with Crippen molar-refractivity contribution >= 4 is 11.9 Å². The quantitative estimate of drug-likeness (QED) is 0.627. The first kappa shape index (κ1) is 14.9. The lowest BCUT2D eigenvalue weighted by Crippen LogP contribution is -2.57. The zero-order valence-corrected chi connectivity index (χ0v) is 10.8. The molecule has 0 bridgehead atoms. The van der Waals surface area contributed by atoms with E-state index in [0.29, 0.717) is 45.4 Å². The number of carboxylic acids is 1. The molecule has 0 saturated carbocycles. The summed E-state index contributed by atoms with van der Waals surface area (Å²) >= 11 is 0. The number of rotatable bonds is 6. The average Bonchev–Trinajstić information content (AvgIpc) is 2.36. The molecule has 1 saturated heterocycles. The number of ether oxygens (including phenoxy) is 1. The van der Waals surface area contributed by atoms with Crippen LogP contribution in [0.1, 0.15) is 32.6 Å². The van der Waals surface area contributed by atoms with E-state index < -0.39 is 11.5 Å². The zero-order chi connectivity index (χ0) is 13.6. The maximum atomic E-state index is 11.8. The van der Waals surface area contributed by atoms with E-state index >= 15 is 0 Å². The van der Waals surface area contributed by atoms with Crippen molar-refractivity contribution in [1.29, 1.82) is 0 Å². The summed E-state index contributed by atoms with van der Waals surface area (Å²) in [5.74, 6) is -0.933. The van der Waals surface area contributed by atoms with Crippen molar-refractivity contribution in [3.05, 3.63) is 0 Å². The van der Waals surface area contributed by atoms with Crippen molar-refractivity contribution in [3.8, 4) is 0 Å². The lowest BCUT2D eigenvalue weighted by Gasteiger charge is -2.34. The van der Waals surface area contributed by atoms with E-state index in [4.69, 9.17) is 10.5 Å². The molecule has 1 atom stereocenters. The number of carbonyl (C=O) groups is 2. The molecule has 1 aliphatic heterocycles. The van der Waals surface area contributed by atoms with Crippen molar-refractivity contribution in [1.82, 2.24) is 5.32 Å². The molecule has 18 heavy (non-hydrogen) atoms. The van der Waals surface area contributed by atoms with Crippen LogP contribution in [0.2, 0.25) is 0 Å². The predicted octanol–water partition coefficient (Wildman–Crippen LogP) is 0.111. The van der Waals surface area contributed by atoms with E-state index in [0.717, 1.165) is 0 Å². The minimum atomic E-state index is -1.15. The first-order valence-corrected chi connectivity index (χ1v) is 6.32. The van der Waals surface area contributed by atoms with Gasteiger partial charge in [-0.2, -0.15) is 0 Å². The lowest BCUT2D eigenvalue weighted by atomic mass is 9.89. The molecule has 1 aliphatic rings. The largest absolute Gasteiger partial charge is 0.480 e. The molecule has 0 spiro atoms. The predicted molar refractivity (Wildman–Crippen MR) is 66.0 cm³/mol. The Morgan fingerprint density at radius 2 is 2.06 bits per heavy atom. The molecule has 0 aromatic heterocycles. The topological polar surface area (TPSA) is 102 Å². The van der Waals surface area contributed by atoms with Crippen molar-refractivity contribution in [3.63, 3.8) is 0 Å². The molecule has 6 nitrogen and oxygen atoms in total. The Balaban J connectivity index is 2.50. The second kappa shape index (κ2) is 6.70. The number of nitrogens with one attached hydrogen (secondary N) is 1. The van der Waals surface area contributed by atoms with E-state index in [1.54, 1.807) is 0 Å². The van der Waals surface area contributed by atoms with Crippen LogP contribution in [0, 0.1) is 5.92 Å². The standard InChI is InChI=1S/C12H22N2O4/c1-9(8-13)2-3-10(15)14-12(11(16)17)4-6-18-7-5-12/h9H,2-8,13H2,1H3,(H,14,15)(H,16,17). The Morgan fingerprint density at radius 1 is 1.44 bits per heavy atom. The van der Waals surface area contributed by atoms with Crippen LogP contribution in [0.4, 0.5) is 0 Å². The zero-order valence-electron chi connectivity index (χ0n) is 10.8. The molecule has 1 unspecified atom stereocenters. The molecule has 1 heterocycles. The Labute approximate surface area is 107 Å². The molecular weight excluding hydrogens is 236 g/mol. The van der Waals surface area contributed by atoms with Crippen LogP contribution in [0.3, 0.4) is 0 Å². The van der Waals surface area contributed by atoms with Gasteiger partial charge in [-0.15, -0.1) is 0 Å². The van der Waals surface area contributed by atoms with Gasteiger partial charge in [0.25, 0.3) is 0 Å². The van der Waals surface area contributed by atoms with Gasteiger partial charge in [-0.3, -0.25) is 4.79 Å². The van der Waals surface area contributed by atoms with Crippen molar-refractivity contribution in [2.45, 2.75) is 38.1 Å². The average molecular weight is 258 g/mol. The van der Waals surface area contributed by atoms with Gasteiger partial charge in [0.2, 0.25) is 5.91 Å². The van der Waals surface area contributed by atoms with Gasteiger partial charge in [0, 0.05) is 32.5 Å². The Morgan fingerprint density at radius 3 is 2.56 bits per heavy atom. The van der Waals surface area contributed by atoms with Crippen LogP contribution >= 0.6 is 0 Å². The van der Waals surface area contributed by atoms with Crippen LogP contribution in [0.15, 0.2) is 0 Å². The van der Waals surface area contributed by atoms with E-state index in [9.17, 15) is 14.7 Å². The van der Waals surface area contributed by atoms with Crippen LogP contribution in [0.25, 0.3) is 0 Å². The number of carbonyl (C=O) groups excluding carboxylic acids is 1. The van der Waals surface area contributed by atoms with Gasteiger partial charge in [0.05, 0.1) is 0 Å². The van der Waals surface area contributed by atoms with E-state index in [-0.39, 0.29) is 11.8 Å². The molecular formula is C12H22N2O4. The van der Waals surface area contributed by atoms with E-state index in [1.807, 2.05) is 6.92 Å². The van der Waals surface area contributed by atoms with Crippen LogP contribution in [-0.4, -0.2) is 42.3 Å². The monoisotopic (exact) mass is 258 g/mol. The second-order valence-corrected chi connectivity index (χ2v) is 4.93. The molecule has 1 fully saturated rings. The lowest BCUT2D eigenvalue weighted by molar-refractivity contribution is -0.152. The molecule has 6 heteroatoms. The number of carboxylic acid groups (broad SMARTS) is 1. The van der Waals surface area contributed by atoms with Crippen LogP contribution in [-0.2, 0) is 14.3 Å². The van der Waals surface area contributed by atoms with Crippen molar-refractivity contribution < 1.29 is 19.4 Å². The number of aliphatic carboxylic acids is 1. The fourth-order valence-corrected chi connectivity index (χ4v) is 1.94. The molecule has 1 rings (SSSR count). The third kappa shape index (κ3) is 3.96. The summed E-state index contributed by atoms with van der Waals surface area (Å²) in [6.07, 6.45) is 1.63. The summed E-state index contributed by atoms with van der Waals surface area (Å²) in [6, 6.07) is 0. The number of hydrogen-bond acceptors (Lipinski definition) is 4. The number of hydrogen-bond donors (Lipinski definition) is 3. The Hall–Kier alpha value is -1.14. The van der Waals surface area contributed by atoms with Gasteiger partial charge < -0.3 is 20.9 Å². The van der Waals surface area contributed by atoms with Gasteiger partial charge in [-0.1, -0.05) is 6.92 Å². The minimum absolute atomic E-state index is 0.223. The van der Waals surface area contributed by atoms with Gasteiger partial charge in [-0.25, -0.2) is 4.79 Å². The maximum Gasteiger partial charge on any atom is 0.329 e. The highest BCUT2D eigenvalue weighted by Gasteiger charge is 2.41. The summed E-state index contributed by atoms with van der Waals surface area (Å²) < 4.78 is 5.14. The highest BCUT2D eigenvalue weighted by molar-refractivity contribution is 5.87. The maximum absolute atomic E-state index is 11.8. The second-order valence-electron chi connectivity index (χ2n) is 4.93.